The van der Waals surface area contributed by atoms with E-state index in [0.717, 1.165) is 0 Å². The molecule has 132 valence electrons. The molecule has 1 amide bonds. The summed E-state index contributed by atoms with van der Waals surface area (Å²) in [6.45, 7) is -0.497. The van der Waals surface area contributed by atoms with E-state index in [1.165, 1.54) is 41.8 Å². The number of anilines is 1. The van der Waals surface area contributed by atoms with E-state index in [1.54, 1.807) is 17.5 Å². The van der Waals surface area contributed by atoms with Crippen molar-refractivity contribution < 1.29 is 18.7 Å². The molecule has 3 aromatic rings. The largest absolute Gasteiger partial charge is 0.452 e. The summed E-state index contributed by atoms with van der Waals surface area (Å²) in [7, 11) is 0. The number of aromatic nitrogens is 2. The van der Waals surface area contributed by atoms with Gasteiger partial charge in [-0.2, -0.15) is 0 Å². The number of carbonyl (C=O) groups excluding carboxylic acids is 2. The highest BCUT2D eigenvalue weighted by atomic mass is 32.1. The lowest BCUT2D eigenvalue weighted by atomic mass is 10.2. The van der Waals surface area contributed by atoms with Crippen LogP contribution in [0.2, 0.25) is 0 Å². The molecular formula is C17H12FN3O4S. The van der Waals surface area contributed by atoms with Gasteiger partial charge in [-0.15, -0.1) is 11.3 Å². The Labute approximate surface area is 150 Å². The highest BCUT2D eigenvalue weighted by Gasteiger charge is 2.12. The van der Waals surface area contributed by atoms with Gasteiger partial charge in [0.25, 0.3) is 5.91 Å². The van der Waals surface area contributed by atoms with Gasteiger partial charge in [0.15, 0.2) is 11.7 Å². The van der Waals surface area contributed by atoms with Crippen molar-refractivity contribution in [2.45, 2.75) is 0 Å². The third-order valence-corrected chi connectivity index (χ3v) is 4.00. The number of nitrogens with one attached hydrogen (secondary N) is 2. The predicted molar refractivity (Wildman–Crippen MR) is 93.5 cm³/mol. The lowest BCUT2D eigenvalue weighted by molar-refractivity contribution is -0.119. The predicted octanol–water partition coefficient (Wildman–Crippen LogP) is 2.43. The number of H-pyrrole nitrogens is 1. The van der Waals surface area contributed by atoms with Gasteiger partial charge in [0.2, 0.25) is 5.56 Å². The Balaban J connectivity index is 1.55. The average Bonchev–Trinajstić information content (AvgIpc) is 3.09. The molecule has 2 heterocycles. The zero-order valence-corrected chi connectivity index (χ0v) is 14.0. The summed E-state index contributed by atoms with van der Waals surface area (Å²) in [6.07, 6.45) is 1.21. The second-order valence-corrected chi connectivity index (χ2v) is 5.97. The number of nitrogens with zero attached hydrogens (tertiary/aromatic N) is 1. The van der Waals surface area contributed by atoms with Gasteiger partial charge in [0, 0.05) is 23.2 Å². The minimum atomic E-state index is -0.734. The van der Waals surface area contributed by atoms with Crippen molar-refractivity contribution in [3.05, 3.63) is 69.7 Å². The molecule has 0 spiro atoms. The number of thiazole rings is 1. The number of benzene rings is 1. The monoisotopic (exact) mass is 373 g/mol. The topological polar surface area (TPSA) is 101 Å². The van der Waals surface area contributed by atoms with E-state index in [-0.39, 0.29) is 16.9 Å². The van der Waals surface area contributed by atoms with Crippen LogP contribution in [-0.2, 0) is 9.53 Å². The van der Waals surface area contributed by atoms with Crippen molar-refractivity contribution >= 4 is 28.3 Å². The average molecular weight is 373 g/mol. The second kappa shape index (κ2) is 7.70. The molecule has 0 radical (unpaired) electrons. The van der Waals surface area contributed by atoms with E-state index >= 15 is 0 Å². The summed E-state index contributed by atoms with van der Waals surface area (Å²) in [6, 6.07) is 8.30. The zero-order chi connectivity index (χ0) is 18.5. The smallest absolute Gasteiger partial charge is 0.340 e. The van der Waals surface area contributed by atoms with Gasteiger partial charge in [0.05, 0.1) is 11.3 Å². The van der Waals surface area contributed by atoms with Gasteiger partial charge in [-0.1, -0.05) is 0 Å². The lowest BCUT2D eigenvalue weighted by Crippen LogP contribution is -2.21. The Morgan fingerprint density at radius 2 is 1.96 bits per heavy atom. The number of esters is 1. The number of hydrogen-bond donors (Lipinski definition) is 2. The fraction of sp³-hybridized carbons (Fsp3) is 0.0588. The van der Waals surface area contributed by atoms with Crippen molar-refractivity contribution in [1.82, 2.24) is 9.97 Å². The van der Waals surface area contributed by atoms with Gasteiger partial charge in [-0.3, -0.25) is 14.9 Å². The maximum atomic E-state index is 12.9. The zero-order valence-electron chi connectivity index (χ0n) is 13.2. The Kier molecular flexibility index (Phi) is 5.18. The van der Waals surface area contributed by atoms with E-state index in [0.29, 0.717) is 16.4 Å². The first kappa shape index (κ1) is 17.5. The molecule has 0 fully saturated rings. The number of halogens is 1. The van der Waals surface area contributed by atoms with Crippen LogP contribution in [-0.4, -0.2) is 28.5 Å². The second-order valence-electron chi connectivity index (χ2n) is 5.11. The van der Waals surface area contributed by atoms with Crippen molar-refractivity contribution in [2.75, 3.05) is 11.9 Å². The van der Waals surface area contributed by atoms with Crippen LogP contribution in [0.5, 0.6) is 0 Å². The molecule has 0 saturated carbocycles. The van der Waals surface area contributed by atoms with Crippen molar-refractivity contribution in [1.29, 1.82) is 0 Å². The normalized spacial score (nSPS) is 10.3. The number of hydrogen-bond acceptors (Lipinski definition) is 6. The molecule has 0 aliphatic heterocycles. The molecule has 0 atom stereocenters. The lowest BCUT2D eigenvalue weighted by Gasteiger charge is -2.04. The van der Waals surface area contributed by atoms with Gasteiger partial charge in [0.1, 0.15) is 5.82 Å². The Hall–Kier alpha value is -3.33. The van der Waals surface area contributed by atoms with Crippen LogP contribution in [0.1, 0.15) is 10.4 Å². The summed E-state index contributed by atoms with van der Waals surface area (Å²) in [5.41, 5.74) is 1.09. The first-order valence-electron chi connectivity index (χ1n) is 7.38. The Bertz CT molecular complexity index is 977. The van der Waals surface area contributed by atoms with E-state index in [4.69, 9.17) is 4.74 Å². The van der Waals surface area contributed by atoms with Gasteiger partial charge in [-0.05, 0) is 30.3 Å². The molecular weight excluding hydrogens is 361 g/mol. The number of aromatic amines is 1. The van der Waals surface area contributed by atoms with E-state index < -0.39 is 18.5 Å². The number of pyridine rings is 1. The standard InChI is InChI=1S/C17H12FN3O4S/c18-12-4-1-10(2-5-12)13-9-26-17(20-13)21-15(23)8-25-16(24)11-3-6-14(22)19-7-11/h1-7,9H,8H2,(H,19,22)(H,20,21,23). The van der Waals surface area contributed by atoms with Crippen LogP contribution in [0, 0.1) is 5.82 Å². The van der Waals surface area contributed by atoms with Crippen LogP contribution in [0.3, 0.4) is 0 Å². The van der Waals surface area contributed by atoms with E-state index in [1.807, 2.05) is 0 Å². The Morgan fingerprint density at radius 1 is 1.19 bits per heavy atom. The molecule has 1 aromatic carbocycles. The summed E-state index contributed by atoms with van der Waals surface area (Å²) in [5, 5.41) is 4.56. The van der Waals surface area contributed by atoms with Crippen molar-refractivity contribution in [2.24, 2.45) is 0 Å². The molecule has 0 bridgehead atoms. The molecule has 9 heteroatoms. The fourth-order valence-electron chi connectivity index (χ4n) is 1.99. The summed E-state index contributed by atoms with van der Waals surface area (Å²) in [5.74, 6) is -1.63. The number of rotatable bonds is 5. The highest BCUT2D eigenvalue weighted by molar-refractivity contribution is 7.14. The molecule has 3 rings (SSSR count). The molecule has 2 aromatic heterocycles. The fourth-order valence-corrected chi connectivity index (χ4v) is 2.73. The number of carbonyl (C=O) groups is 2. The summed E-state index contributed by atoms with van der Waals surface area (Å²) < 4.78 is 17.8. The molecule has 0 aliphatic rings. The quantitative estimate of drug-likeness (QED) is 0.669. The van der Waals surface area contributed by atoms with E-state index in [9.17, 15) is 18.8 Å². The maximum Gasteiger partial charge on any atom is 0.340 e. The molecule has 2 N–H and O–H groups in total. The van der Waals surface area contributed by atoms with Crippen LogP contribution in [0.25, 0.3) is 11.3 Å². The molecule has 0 aliphatic carbocycles. The van der Waals surface area contributed by atoms with Crippen LogP contribution in [0.15, 0.2) is 52.8 Å². The molecule has 0 saturated heterocycles. The van der Waals surface area contributed by atoms with Crippen LogP contribution < -0.4 is 10.9 Å². The third-order valence-electron chi connectivity index (χ3n) is 3.24. The van der Waals surface area contributed by atoms with Crippen molar-refractivity contribution in [3.8, 4) is 11.3 Å². The van der Waals surface area contributed by atoms with Crippen molar-refractivity contribution in [3.63, 3.8) is 0 Å². The SMILES string of the molecule is O=C(COC(=O)c1ccc(=O)[nH]c1)Nc1nc(-c2ccc(F)cc2)cs1. The maximum absolute atomic E-state index is 12.9. The molecule has 7 nitrogen and oxygen atoms in total. The minimum Gasteiger partial charge on any atom is -0.452 e. The third kappa shape index (κ3) is 4.39. The summed E-state index contributed by atoms with van der Waals surface area (Å²) >= 11 is 1.19. The summed E-state index contributed by atoms with van der Waals surface area (Å²) in [4.78, 5) is 41.1. The van der Waals surface area contributed by atoms with Gasteiger partial charge >= 0.3 is 5.97 Å². The van der Waals surface area contributed by atoms with Gasteiger partial charge in [-0.25, -0.2) is 14.2 Å². The van der Waals surface area contributed by atoms with Gasteiger partial charge < -0.3 is 9.72 Å². The first-order valence-corrected chi connectivity index (χ1v) is 8.26. The highest BCUT2D eigenvalue weighted by Crippen LogP contribution is 2.24. The Morgan fingerprint density at radius 3 is 2.65 bits per heavy atom. The van der Waals surface area contributed by atoms with Crippen LogP contribution >= 0.6 is 11.3 Å². The number of amides is 1. The van der Waals surface area contributed by atoms with Crippen LogP contribution in [0.4, 0.5) is 9.52 Å². The molecule has 26 heavy (non-hydrogen) atoms. The minimum absolute atomic E-state index is 0.130. The number of ether oxygens (including phenoxy) is 1. The molecule has 0 unspecified atom stereocenters. The van der Waals surface area contributed by atoms with E-state index in [2.05, 4.69) is 15.3 Å². The first-order chi connectivity index (χ1) is 12.5.